The van der Waals surface area contributed by atoms with Crippen molar-refractivity contribution >= 4 is 17.7 Å². The molecule has 0 aliphatic carbocycles. The minimum atomic E-state index is -0.0198. The Bertz CT molecular complexity index is 777. The van der Waals surface area contributed by atoms with Gasteiger partial charge in [0.1, 0.15) is 5.82 Å². The first kappa shape index (κ1) is 16.3. The molecule has 7 nitrogen and oxygen atoms in total. The second kappa shape index (κ2) is 7.35. The average molecular weight is 360 g/mol. The van der Waals surface area contributed by atoms with Crippen LogP contribution in [0, 0.1) is 0 Å². The first-order chi connectivity index (χ1) is 12.3. The predicted molar refractivity (Wildman–Crippen MR) is 92.7 cm³/mol. The second-order valence-electron chi connectivity index (χ2n) is 6.11. The standard InChI is InChI=1S/C17H20N4O3S/c22-16(18-9-12-5-6-13-14(8-12)24-11-23-13)10-25-17-20-19-15-4-2-1-3-7-21(15)17/h5-6,8H,1-4,7,9-11H2,(H,18,22). The van der Waals surface area contributed by atoms with Crippen LogP contribution in [0.1, 0.15) is 30.7 Å². The molecule has 8 heteroatoms. The lowest BCUT2D eigenvalue weighted by Crippen LogP contribution is -2.24. The van der Waals surface area contributed by atoms with Gasteiger partial charge in [-0.1, -0.05) is 24.2 Å². The molecule has 3 heterocycles. The Morgan fingerprint density at radius 3 is 3.08 bits per heavy atom. The van der Waals surface area contributed by atoms with Gasteiger partial charge in [-0.25, -0.2) is 0 Å². The Balaban J connectivity index is 1.29. The number of carbonyl (C=O) groups is 1. The van der Waals surface area contributed by atoms with Gasteiger partial charge in [-0.3, -0.25) is 4.79 Å². The number of hydrogen-bond donors (Lipinski definition) is 1. The summed E-state index contributed by atoms with van der Waals surface area (Å²) in [5.74, 6) is 2.84. The van der Waals surface area contributed by atoms with Crippen LogP contribution in [0.4, 0.5) is 0 Å². The number of aromatic nitrogens is 3. The predicted octanol–water partition coefficient (Wildman–Crippen LogP) is 2.14. The normalized spacial score (nSPS) is 15.5. The maximum Gasteiger partial charge on any atom is 0.231 e. The fourth-order valence-corrected chi connectivity index (χ4v) is 3.81. The van der Waals surface area contributed by atoms with E-state index in [1.807, 2.05) is 18.2 Å². The lowest BCUT2D eigenvalue weighted by atomic mass is 10.2. The lowest BCUT2D eigenvalue weighted by molar-refractivity contribution is -0.118. The Labute approximate surface area is 150 Å². The van der Waals surface area contributed by atoms with E-state index >= 15 is 0 Å². The van der Waals surface area contributed by atoms with E-state index in [-0.39, 0.29) is 12.7 Å². The monoisotopic (exact) mass is 360 g/mol. The molecule has 2 aliphatic heterocycles. The van der Waals surface area contributed by atoms with Gasteiger partial charge < -0.3 is 19.4 Å². The van der Waals surface area contributed by atoms with E-state index in [0.29, 0.717) is 12.3 Å². The minimum Gasteiger partial charge on any atom is -0.454 e. The van der Waals surface area contributed by atoms with Crippen molar-refractivity contribution in [3.05, 3.63) is 29.6 Å². The number of carbonyl (C=O) groups excluding carboxylic acids is 1. The number of nitrogens with zero attached hydrogens (tertiary/aromatic N) is 3. The van der Waals surface area contributed by atoms with Crippen LogP contribution >= 0.6 is 11.8 Å². The molecule has 4 rings (SSSR count). The second-order valence-corrected chi connectivity index (χ2v) is 7.06. The Morgan fingerprint density at radius 1 is 1.20 bits per heavy atom. The van der Waals surface area contributed by atoms with Crippen LogP contribution in [-0.4, -0.2) is 33.2 Å². The summed E-state index contributed by atoms with van der Waals surface area (Å²) in [5.41, 5.74) is 0.985. The third kappa shape index (κ3) is 3.73. The summed E-state index contributed by atoms with van der Waals surface area (Å²) in [6.07, 6.45) is 4.51. The zero-order valence-corrected chi connectivity index (χ0v) is 14.7. The maximum atomic E-state index is 12.1. The van der Waals surface area contributed by atoms with Gasteiger partial charge in [0.25, 0.3) is 0 Å². The van der Waals surface area contributed by atoms with Crippen LogP contribution in [-0.2, 0) is 24.3 Å². The van der Waals surface area contributed by atoms with Crippen molar-refractivity contribution in [2.45, 2.75) is 43.9 Å². The van der Waals surface area contributed by atoms with Crippen molar-refractivity contribution in [1.29, 1.82) is 0 Å². The van der Waals surface area contributed by atoms with E-state index in [1.165, 1.54) is 24.6 Å². The molecule has 2 aromatic rings. The largest absolute Gasteiger partial charge is 0.454 e. The van der Waals surface area contributed by atoms with Gasteiger partial charge >= 0.3 is 0 Å². The molecule has 0 unspecified atom stereocenters. The van der Waals surface area contributed by atoms with E-state index < -0.39 is 0 Å². The van der Waals surface area contributed by atoms with Crippen molar-refractivity contribution < 1.29 is 14.3 Å². The van der Waals surface area contributed by atoms with E-state index in [2.05, 4.69) is 20.1 Å². The third-order valence-corrected chi connectivity index (χ3v) is 5.30. The lowest BCUT2D eigenvalue weighted by Gasteiger charge is -2.08. The average Bonchev–Trinajstić information content (AvgIpc) is 3.18. The molecule has 0 spiro atoms. The Morgan fingerprint density at radius 2 is 2.12 bits per heavy atom. The van der Waals surface area contributed by atoms with Gasteiger partial charge in [0.2, 0.25) is 12.7 Å². The third-order valence-electron chi connectivity index (χ3n) is 4.33. The van der Waals surface area contributed by atoms with E-state index in [1.54, 1.807) is 0 Å². The highest BCUT2D eigenvalue weighted by Crippen LogP contribution is 2.32. The number of benzene rings is 1. The number of hydrogen-bond acceptors (Lipinski definition) is 6. The quantitative estimate of drug-likeness (QED) is 0.823. The molecule has 1 amide bonds. The molecule has 132 valence electrons. The van der Waals surface area contributed by atoms with Crippen LogP contribution < -0.4 is 14.8 Å². The Kier molecular flexibility index (Phi) is 4.78. The van der Waals surface area contributed by atoms with Gasteiger partial charge in [-0.2, -0.15) is 0 Å². The molecular formula is C17H20N4O3S. The summed E-state index contributed by atoms with van der Waals surface area (Å²) < 4.78 is 12.8. The van der Waals surface area contributed by atoms with Crippen molar-refractivity contribution in [2.24, 2.45) is 0 Å². The van der Waals surface area contributed by atoms with E-state index in [0.717, 1.165) is 47.4 Å². The van der Waals surface area contributed by atoms with Crippen molar-refractivity contribution in [1.82, 2.24) is 20.1 Å². The molecule has 2 aliphatic rings. The number of thioether (sulfide) groups is 1. The first-order valence-corrected chi connectivity index (χ1v) is 9.48. The van der Waals surface area contributed by atoms with Crippen LogP contribution in [0.2, 0.25) is 0 Å². The molecule has 0 atom stereocenters. The van der Waals surface area contributed by atoms with Crippen molar-refractivity contribution in [3.63, 3.8) is 0 Å². The minimum absolute atomic E-state index is 0.0198. The Hall–Kier alpha value is -2.22. The highest BCUT2D eigenvalue weighted by Gasteiger charge is 2.16. The molecule has 0 saturated carbocycles. The van der Waals surface area contributed by atoms with Crippen LogP contribution in [0.3, 0.4) is 0 Å². The molecule has 1 N–H and O–H groups in total. The smallest absolute Gasteiger partial charge is 0.231 e. The number of nitrogens with one attached hydrogen (secondary N) is 1. The van der Waals surface area contributed by atoms with Gasteiger partial charge in [0.15, 0.2) is 16.7 Å². The van der Waals surface area contributed by atoms with E-state index in [4.69, 9.17) is 9.47 Å². The summed E-state index contributed by atoms with van der Waals surface area (Å²) in [6.45, 7) is 1.67. The molecule has 0 radical (unpaired) electrons. The molecule has 0 saturated heterocycles. The van der Waals surface area contributed by atoms with Crippen LogP contribution in [0.15, 0.2) is 23.4 Å². The summed E-state index contributed by atoms with van der Waals surface area (Å²) in [5, 5.41) is 12.3. The highest BCUT2D eigenvalue weighted by atomic mass is 32.2. The summed E-state index contributed by atoms with van der Waals surface area (Å²) in [6, 6.07) is 5.69. The van der Waals surface area contributed by atoms with E-state index in [9.17, 15) is 4.79 Å². The van der Waals surface area contributed by atoms with Crippen LogP contribution in [0.25, 0.3) is 0 Å². The van der Waals surface area contributed by atoms with Gasteiger partial charge in [0, 0.05) is 19.5 Å². The number of fused-ring (bicyclic) bond motifs is 2. The number of aryl methyl sites for hydroxylation is 1. The van der Waals surface area contributed by atoms with Crippen molar-refractivity contribution in [2.75, 3.05) is 12.5 Å². The van der Waals surface area contributed by atoms with Gasteiger partial charge in [-0.05, 0) is 30.5 Å². The van der Waals surface area contributed by atoms with Crippen LogP contribution in [0.5, 0.6) is 11.5 Å². The first-order valence-electron chi connectivity index (χ1n) is 8.50. The fourth-order valence-electron chi connectivity index (χ4n) is 3.00. The molecule has 1 aromatic heterocycles. The molecular weight excluding hydrogens is 340 g/mol. The molecule has 1 aromatic carbocycles. The molecule has 0 bridgehead atoms. The van der Waals surface area contributed by atoms with Gasteiger partial charge in [0.05, 0.1) is 5.75 Å². The topological polar surface area (TPSA) is 78.3 Å². The van der Waals surface area contributed by atoms with Gasteiger partial charge in [-0.15, -0.1) is 10.2 Å². The molecule has 0 fully saturated rings. The fraction of sp³-hybridized carbons (Fsp3) is 0.471. The van der Waals surface area contributed by atoms with Crippen molar-refractivity contribution in [3.8, 4) is 11.5 Å². The summed E-state index contributed by atoms with van der Waals surface area (Å²) >= 11 is 1.45. The number of ether oxygens (including phenoxy) is 2. The highest BCUT2D eigenvalue weighted by molar-refractivity contribution is 7.99. The maximum absolute atomic E-state index is 12.1. The SMILES string of the molecule is O=C(CSc1nnc2n1CCCCC2)NCc1ccc2c(c1)OCO2. The zero-order chi connectivity index (χ0) is 17.1. The molecule has 25 heavy (non-hydrogen) atoms. The number of rotatable bonds is 5. The summed E-state index contributed by atoms with van der Waals surface area (Å²) in [4.78, 5) is 12.1. The number of amides is 1. The summed E-state index contributed by atoms with van der Waals surface area (Å²) in [7, 11) is 0. The zero-order valence-electron chi connectivity index (χ0n) is 13.9.